The Labute approximate surface area is 401 Å². The van der Waals surface area contributed by atoms with Gasteiger partial charge in [0.15, 0.2) is 12.6 Å². The Hall–Kier alpha value is -1.25. The standard InChI is InChI=1S/C58H100O6Si/c1-56(2,3)65(5,6)64-48-34-36-49-47(45-48)33-35-51-50(49)37-40-57(4)52(51)46-58(55(57)59,38-25-19-15-11-7-9-13-17-21-27-41-60-53-31-23-29-43-62-53)39-26-20-16-12-8-10-14-18-22-28-42-61-54-32-24-30-44-63-54/h34,36,45,50-54H,7-33,35,37-44,46H2,1-6H3/t50-,51-,52+,53?,54?,57+,58?/m1/s1. The van der Waals surface area contributed by atoms with Gasteiger partial charge in [0, 0.05) is 37.3 Å². The van der Waals surface area contributed by atoms with Gasteiger partial charge in [0.1, 0.15) is 11.5 Å². The highest BCUT2D eigenvalue weighted by atomic mass is 28.4. The van der Waals surface area contributed by atoms with Gasteiger partial charge in [-0.2, -0.15) is 0 Å². The third-order valence-electron chi connectivity index (χ3n) is 17.9. The molecule has 3 aliphatic carbocycles. The fourth-order valence-electron chi connectivity index (χ4n) is 12.8. The van der Waals surface area contributed by atoms with Crippen molar-refractivity contribution in [2.24, 2.45) is 22.7 Å². The fourth-order valence-corrected chi connectivity index (χ4v) is 13.8. The van der Waals surface area contributed by atoms with Crippen molar-refractivity contribution < 1.29 is 28.2 Å². The number of rotatable bonds is 30. The van der Waals surface area contributed by atoms with E-state index in [1.807, 2.05) is 0 Å². The van der Waals surface area contributed by atoms with Gasteiger partial charge < -0.3 is 23.4 Å². The largest absolute Gasteiger partial charge is 0.543 e. The van der Waals surface area contributed by atoms with Crippen LogP contribution in [0.4, 0.5) is 0 Å². The smallest absolute Gasteiger partial charge is 0.250 e. The van der Waals surface area contributed by atoms with Crippen LogP contribution < -0.4 is 4.43 Å². The van der Waals surface area contributed by atoms with Gasteiger partial charge in [-0.1, -0.05) is 149 Å². The van der Waals surface area contributed by atoms with E-state index in [4.69, 9.17) is 23.4 Å². The van der Waals surface area contributed by atoms with Crippen LogP contribution in [0.2, 0.25) is 18.1 Å². The normalized spacial score (nSPS) is 28.2. The van der Waals surface area contributed by atoms with E-state index in [2.05, 4.69) is 59.0 Å². The molecular weight excluding hydrogens is 821 g/mol. The third-order valence-corrected chi connectivity index (χ3v) is 22.2. The van der Waals surface area contributed by atoms with Crippen LogP contribution in [0.3, 0.4) is 0 Å². The Morgan fingerprint density at radius 1 is 0.646 bits per heavy atom. The minimum atomic E-state index is -1.90. The summed E-state index contributed by atoms with van der Waals surface area (Å²) in [4.78, 5) is 15.1. The second-order valence-electron chi connectivity index (χ2n) is 23.8. The highest BCUT2D eigenvalue weighted by Crippen LogP contribution is 2.65. The van der Waals surface area contributed by atoms with Crippen molar-refractivity contribution in [1.82, 2.24) is 0 Å². The van der Waals surface area contributed by atoms with Crippen molar-refractivity contribution in [1.29, 1.82) is 0 Å². The molecule has 2 saturated heterocycles. The first-order chi connectivity index (χ1) is 31.4. The van der Waals surface area contributed by atoms with Crippen molar-refractivity contribution >= 4 is 14.1 Å². The number of aryl methyl sites for hydroxylation is 1. The van der Waals surface area contributed by atoms with Crippen molar-refractivity contribution in [2.45, 2.75) is 276 Å². The molecule has 6 rings (SSSR count). The van der Waals surface area contributed by atoms with Crippen LogP contribution in [0.5, 0.6) is 5.75 Å². The number of unbranched alkanes of at least 4 members (excludes halogenated alkanes) is 18. The predicted molar refractivity (Wildman–Crippen MR) is 272 cm³/mol. The molecule has 1 aromatic rings. The average molecular weight is 922 g/mol. The maximum atomic E-state index is 15.1. The maximum absolute atomic E-state index is 15.1. The van der Waals surface area contributed by atoms with Gasteiger partial charge in [0.25, 0.3) is 0 Å². The van der Waals surface area contributed by atoms with E-state index >= 15 is 4.79 Å². The SMILES string of the molecule is CC(C)(C)[Si](C)(C)Oc1ccc2c(c1)CC[C@@H]1[C@@H]2CC[C@]2(C)C(=O)C(CCCCCCCCCCCCOC3CCCCO3)(CCCCCCCCCCCCOC3CCCCO3)C[C@@H]12. The molecule has 1 aromatic carbocycles. The molecule has 7 heteroatoms. The predicted octanol–water partition coefficient (Wildman–Crippen LogP) is 16.8. The first kappa shape index (κ1) is 53.1. The second kappa shape index (κ2) is 26.6. The Morgan fingerprint density at radius 2 is 1.14 bits per heavy atom. The molecule has 6 nitrogen and oxygen atoms in total. The summed E-state index contributed by atoms with van der Waals surface area (Å²) in [5, 5.41) is 0.185. The lowest BCUT2D eigenvalue weighted by Gasteiger charge is -2.48. The molecule has 2 unspecified atom stereocenters. The van der Waals surface area contributed by atoms with E-state index in [1.54, 1.807) is 5.56 Å². The average Bonchev–Trinajstić information content (AvgIpc) is 3.52. The molecule has 6 atom stereocenters. The molecule has 2 saturated carbocycles. The number of ether oxygens (including phenoxy) is 4. The zero-order chi connectivity index (χ0) is 46.0. The minimum Gasteiger partial charge on any atom is -0.543 e. The third kappa shape index (κ3) is 15.6. The Morgan fingerprint density at radius 3 is 1.62 bits per heavy atom. The van der Waals surface area contributed by atoms with E-state index < -0.39 is 8.32 Å². The molecule has 0 N–H and O–H groups in total. The quantitative estimate of drug-likeness (QED) is 0.0566. The van der Waals surface area contributed by atoms with E-state index in [1.165, 1.54) is 160 Å². The van der Waals surface area contributed by atoms with Crippen LogP contribution in [-0.2, 0) is 30.2 Å². The first-order valence-electron chi connectivity index (χ1n) is 28.3. The van der Waals surface area contributed by atoms with Crippen LogP contribution in [0.25, 0.3) is 0 Å². The van der Waals surface area contributed by atoms with Gasteiger partial charge >= 0.3 is 0 Å². The summed E-state index contributed by atoms with van der Waals surface area (Å²) in [5.74, 6) is 3.52. The van der Waals surface area contributed by atoms with Crippen LogP contribution in [0, 0.1) is 22.7 Å². The zero-order valence-corrected chi connectivity index (χ0v) is 44.2. The number of carbonyl (C=O) groups is 1. The number of Topliss-reactive ketones (excluding diaryl/α,β-unsaturated/α-hetero) is 1. The minimum absolute atomic E-state index is 0.0574. The molecule has 5 aliphatic rings. The van der Waals surface area contributed by atoms with Gasteiger partial charge in [-0.25, -0.2) is 0 Å². The molecule has 4 fully saturated rings. The van der Waals surface area contributed by atoms with Crippen LogP contribution in [-0.4, -0.2) is 53.1 Å². The van der Waals surface area contributed by atoms with Crippen LogP contribution >= 0.6 is 0 Å². The lowest BCUT2D eigenvalue weighted by atomic mass is 9.55. The number of carbonyl (C=O) groups excluding carboxylic acids is 1. The Kier molecular flexibility index (Phi) is 21.8. The number of ketones is 1. The van der Waals surface area contributed by atoms with Gasteiger partial charge in [0.2, 0.25) is 8.32 Å². The Balaban J connectivity index is 0.939. The van der Waals surface area contributed by atoms with Crippen molar-refractivity contribution in [2.75, 3.05) is 26.4 Å². The van der Waals surface area contributed by atoms with E-state index in [9.17, 15) is 0 Å². The van der Waals surface area contributed by atoms with E-state index in [0.29, 0.717) is 23.5 Å². The second-order valence-corrected chi connectivity index (χ2v) is 28.5. The monoisotopic (exact) mass is 921 g/mol. The summed E-state index contributed by atoms with van der Waals surface area (Å²) in [6.45, 7) is 17.6. The molecule has 0 aromatic heterocycles. The fraction of sp³-hybridized carbons (Fsp3) is 0.879. The molecule has 65 heavy (non-hydrogen) atoms. The summed E-state index contributed by atoms with van der Waals surface area (Å²) in [7, 11) is -1.90. The highest BCUT2D eigenvalue weighted by Gasteiger charge is 2.63. The maximum Gasteiger partial charge on any atom is 0.250 e. The lowest BCUT2D eigenvalue weighted by molar-refractivity contribution is -0.163. The Bertz CT molecular complexity index is 1460. The number of benzene rings is 1. The molecule has 2 aliphatic heterocycles. The first-order valence-corrected chi connectivity index (χ1v) is 31.2. The van der Waals surface area contributed by atoms with Crippen molar-refractivity contribution in [3.8, 4) is 5.75 Å². The molecule has 0 radical (unpaired) electrons. The molecule has 0 bridgehead atoms. The topological polar surface area (TPSA) is 63.2 Å². The molecule has 372 valence electrons. The number of hydrogen-bond donors (Lipinski definition) is 0. The lowest BCUT2D eigenvalue weighted by Crippen LogP contribution is -2.44. The summed E-state index contributed by atoms with van der Waals surface area (Å²) >= 11 is 0. The summed E-state index contributed by atoms with van der Waals surface area (Å²) in [6.07, 6.45) is 41.2. The van der Waals surface area contributed by atoms with Crippen LogP contribution in [0.15, 0.2) is 18.2 Å². The van der Waals surface area contributed by atoms with E-state index in [0.717, 1.165) is 90.0 Å². The van der Waals surface area contributed by atoms with Crippen molar-refractivity contribution in [3.05, 3.63) is 29.3 Å². The molecular formula is C58H100O6Si. The number of fused-ring (bicyclic) bond motifs is 5. The van der Waals surface area contributed by atoms with E-state index in [-0.39, 0.29) is 28.4 Å². The van der Waals surface area contributed by atoms with Gasteiger partial charge in [-0.3, -0.25) is 4.79 Å². The molecule has 0 spiro atoms. The molecule has 0 amide bonds. The van der Waals surface area contributed by atoms with Crippen LogP contribution in [0.1, 0.15) is 250 Å². The summed E-state index contributed by atoms with van der Waals surface area (Å²) in [5.41, 5.74) is 2.85. The summed E-state index contributed by atoms with van der Waals surface area (Å²) < 4.78 is 30.1. The van der Waals surface area contributed by atoms with Crippen molar-refractivity contribution in [3.63, 3.8) is 0 Å². The zero-order valence-electron chi connectivity index (χ0n) is 43.2. The summed E-state index contributed by atoms with van der Waals surface area (Å²) in [6, 6.07) is 7.13. The van der Waals surface area contributed by atoms with Gasteiger partial charge in [0.05, 0.1) is 0 Å². The van der Waals surface area contributed by atoms with Gasteiger partial charge in [-0.05, 0) is 155 Å². The molecule has 2 heterocycles. The number of hydrogen-bond acceptors (Lipinski definition) is 6. The van der Waals surface area contributed by atoms with Gasteiger partial charge in [-0.15, -0.1) is 0 Å². The highest BCUT2D eigenvalue weighted by molar-refractivity contribution is 6.74.